The lowest BCUT2D eigenvalue weighted by molar-refractivity contribution is 0.298. The van der Waals surface area contributed by atoms with Gasteiger partial charge in [0.1, 0.15) is 18.2 Å². The summed E-state index contributed by atoms with van der Waals surface area (Å²) >= 11 is 12.6. The molecule has 0 bridgehead atoms. The summed E-state index contributed by atoms with van der Waals surface area (Å²) in [6.07, 6.45) is 3.85. The highest BCUT2D eigenvalue weighted by molar-refractivity contribution is 6.37. The van der Waals surface area contributed by atoms with Crippen LogP contribution in [-0.4, -0.2) is 16.2 Å². The molecule has 146 valence electrons. The van der Waals surface area contributed by atoms with Crippen molar-refractivity contribution in [3.63, 3.8) is 0 Å². The maximum absolute atomic E-state index is 6.30. The molecule has 0 saturated heterocycles. The molecule has 0 amide bonds. The molecule has 0 saturated carbocycles. The quantitative estimate of drug-likeness (QED) is 0.337. The Hall–Kier alpha value is -2.75. The molecule has 0 unspecified atom stereocenters. The van der Waals surface area contributed by atoms with Gasteiger partial charge in [-0.2, -0.15) is 0 Å². The van der Waals surface area contributed by atoms with Gasteiger partial charge in [-0.3, -0.25) is 0 Å². The number of nitrogens with zero attached hydrogens (tertiary/aromatic N) is 2. The molecule has 0 atom stereocenters. The van der Waals surface area contributed by atoms with Gasteiger partial charge < -0.3 is 9.30 Å². The summed E-state index contributed by atoms with van der Waals surface area (Å²) in [7, 11) is 0. The van der Waals surface area contributed by atoms with Gasteiger partial charge in [0.2, 0.25) is 0 Å². The van der Waals surface area contributed by atoms with Crippen LogP contribution in [0, 0.1) is 6.92 Å². The standard InChI is InChI=1S/C24H20Cl2N2O/c1-17-7-2-5-12-23(17)29-16-15-28-22-11-4-3-10-21(22)27-24(28)14-13-18-19(25)8-6-9-20(18)26/h2-14H,15-16H2,1H3/b14-13+. The fourth-order valence-electron chi connectivity index (χ4n) is 3.25. The van der Waals surface area contributed by atoms with E-state index < -0.39 is 0 Å². The van der Waals surface area contributed by atoms with Crippen LogP contribution in [0.3, 0.4) is 0 Å². The molecule has 0 radical (unpaired) electrons. The highest BCUT2D eigenvalue weighted by atomic mass is 35.5. The van der Waals surface area contributed by atoms with E-state index in [-0.39, 0.29) is 0 Å². The Kier molecular flexibility index (Phi) is 5.89. The number of benzene rings is 3. The van der Waals surface area contributed by atoms with Crippen LogP contribution in [0.15, 0.2) is 66.7 Å². The highest BCUT2D eigenvalue weighted by Crippen LogP contribution is 2.27. The fraction of sp³-hybridized carbons (Fsp3) is 0.125. The number of imidazole rings is 1. The van der Waals surface area contributed by atoms with Gasteiger partial charge in [-0.1, -0.05) is 59.6 Å². The lowest BCUT2D eigenvalue weighted by Crippen LogP contribution is -2.10. The van der Waals surface area contributed by atoms with Crippen LogP contribution in [0.1, 0.15) is 17.0 Å². The first-order valence-electron chi connectivity index (χ1n) is 9.39. The van der Waals surface area contributed by atoms with Gasteiger partial charge in [0.25, 0.3) is 0 Å². The zero-order valence-corrected chi connectivity index (χ0v) is 17.5. The Morgan fingerprint density at radius 2 is 1.62 bits per heavy atom. The monoisotopic (exact) mass is 422 g/mol. The van der Waals surface area contributed by atoms with E-state index in [1.54, 1.807) is 0 Å². The SMILES string of the molecule is Cc1ccccc1OCCn1c(/C=C/c2c(Cl)cccc2Cl)nc2ccccc21. The van der Waals surface area contributed by atoms with Crippen LogP contribution < -0.4 is 4.74 Å². The van der Waals surface area contributed by atoms with Crippen molar-refractivity contribution >= 4 is 46.4 Å². The fourth-order valence-corrected chi connectivity index (χ4v) is 3.77. The number of halogens is 2. The molecule has 0 aliphatic heterocycles. The maximum atomic E-state index is 6.30. The number of hydrogen-bond acceptors (Lipinski definition) is 2. The first-order chi connectivity index (χ1) is 14.1. The van der Waals surface area contributed by atoms with E-state index in [1.807, 2.05) is 79.7 Å². The molecule has 0 aliphatic rings. The van der Waals surface area contributed by atoms with E-state index >= 15 is 0 Å². The zero-order valence-electron chi connectivity index (χ0n) is 16.0. The summed E-state index contributed by atoms with van der Waals surface area (Å²) in [6, 6.07) is 21.6. The van der Waals surface area contributed by atoms with Gasteiger partial charge in [0, 0.05) is 15.6 Å². The topological polar surface area (TPSA) is 27.1 Å². The van der Waals surface area contributed by atoms with Crippen molar-refractivity contribution in [2.45, 2.75) is 13.5 Å². The predicted octanol–water partition coefficient (Wildman–Crippen LogP) is 6.90. The summed E-state index contributed by atoms with van der Waals surface area (Å²) in [5.41, 5.74) is 3.90. The van der Waals surface area contributed by atoms with Gasteiger partial charge in [-0.15, -0.1) is 0 Å². The maximum Gasteiger partial charge on any atom is 0.133 e. The average molecular weight is 423 g/mol. The number of aryl methyl sites for hydroxylation is 1. The van der Waals surface area contributed by atoms with Crippen LogP contribution in [-0.2, 0) is 6.54 Å². The van der Waals surface area contributed by atoms with Crippen LogP contribution in [0.4, 0.5) is 0 Å². The third-order valence-electron chi connectivity index (χ3n) is 4.75. The minimum Gasteiger partial charge on any atom is -0.491 e. The summed E-state index contributed by atoms with van der Waals surface area (Å²) in [4.78, 5) is 4.76. The predicted molar refractivity (Wildman–Crippen MR) is 122 cm³/mol. The second-order valence-corrected chi connectivity index (χ2v) is 7.51. The number of ether oxygens (including phenoxy) is 1. The van der Waals surface area contributed by atoms with Gasteiger partial charge in [0.15, 0.2) is 0 Å². The summed E-state index contributed by atoms with van der Waals surface area (Å²) in [5, 5.41) is 1.22. The lowest BCUT2D eigenvalue weighted by atomic mass is 10.2. The molecule has 4 aromatic rings. The molecule has 0 fully saturated rings. The van der Waals surface area contributed by atoms with Crippen LogP contribution in [0.5, 0.6) is 5.75 Å². The minimum absolute atomic E-state index is 0.541. The van der Waals surface area contributed by atoms with Gasteiger partial charge in [-0.25, -0.2) is 4.98 Å². The summed E-state index contributed by atoms with van der Waals surface area (Å²) in [6.45, 7) is 3.26. The molecule has 3 nitrogen and oxygen atoms in total. The second kappa shape index (κ2) is 8.73. The Morgan fingerprint density at radius 1 is 0.897 bits per heavy atom. The first kappa shape index (κ1) is 19.6. The highest BCUT2D eigenvalue weighted by Gasteiger charge is 2.09. The molecule has 5 heteroatoms. The average Bonchev–Trinajstić information content (AvgIpc) is 3.07. The second-order valence-electron chi connectivity index (χ2n) is 6.69. The van der Waals surface area contributed by atoms with Crippen molar-refractivity contribution in [3.8, 4) is 5.75 Å². The molecule has 3 aromatic carbocycles. The van der Waals surface area contributed by atoms with E-state index in [2.05, 4.69) is 10.6 Å². The van der Waals surface area contributed by atoms with Crippen molar-refractivity contribution in [1.29, 1.82) is 0 Å². The summed E-state index contributed by atoms with van der Waals surface area (Å²) < 4.78 is 8.15. The molecule has 0 spiro atoms. The van der Waals surface area contributed by atoms with Gasteiger partial charge in [-0.05, 0) is 55.0 Å². The zero-order chi connectivity index (χ0) is 20.2. The number of hydrogen-bond donors (Lipinski definition) is 0. The van der Waals surface area contributed by atoms with Crippen LogP contribution in [0.25, 0.3) is 23.2 Å². The molecule has 4 rings (SSSR count). The van der Waals surface area contributed by atoms with Crippen molar-refractivity contribution in [2.24, 2.45) is 0 Å². The smallest absolute Gasteiger partial charge is 0.133 e. The Bertz CT molecular complexity index is 1160. The molecule has 1 heterocycles. The Labute approximate surface area is 180 Å². The molecule has 0 aliphatic carbocycles. The number of rotatable bonds is 6. The van der Waals surface area contributed by atoms with E-state index in [0.717, 1.165) is 33.7 Å². The lowest BCUT2D eigenvalue weighted by Gasteiger charge is -2.11. The van der Waals surface area contributed by atoms with Crippen LogP contribution in [0.2, 0.25) is 10.0 Å². The van der Waals surface area contributed by atoms with Gasteiger partial charge >= 0.3 is 0 Å². The molecule has 29 heavy (non-hydrogen) atoms. The van der Waals surface area contributed by atoms with Gasteiger partial charge in [0.05, 0.1) is 17.6 Å². The third kappa shape index (κ3) is 4.31. The first-order valence-corrected chi connectivity index (χ1v) is 10.1. The Morgan fingerprint density at radius 3 is 2.41 bits per heavy atom. The number of para-hydroxylation sites is 3. The summed E-state index contributed by atoms with van der Waals surface area (Å²) in [5.74, 6) is 1.73. The normalized spacial score (nSPS) is 11.4. The van der Waals surface area contributed by atoms with E-state index in [9.17, 15) is 0 Å². The van der Waals surface area contributed by atoms with E-state index in [0.29, 0.717) is 23.2 Å². The molecular weight excluding hydrogens is 403 g/mol. The van der Waals surface area contributed by atoms with Crippen molar-refractivity contribution < 1.29 is 4.74 Å². The molecular formula is C24H20Cl2N2O. The number of aromatic nitrogens is 2. The molecule has 0 N–H and O–H groups in total. The van der Waals surface area contributed by atoms with Crippen molar-refractivity contribution in [1.82, 2.24) is 9.55 Å². The molecule has 1 aromatic heterocycles. The van der Waals surface area contributed by atoms with Crippen molar-refractivity contribution in [3.05, 3.63) is 93.7 Å². The van der Waals surface area contributed by atoms with Crippen molar-refractivity contribution in [2.75, 3.05) is 6.61 Å². The third-order valence-corrected chi connectivity index (χ3v) is 5.41. The van der Waals surface area contributed by atoms with E-state index in [4.69, 9.17) is 32.9 Å². The van der Waals surface area contributed by atoms with E-state index in [1.165, 1.54) is 0 Å². The number of fused-ring (bicyclic) bond motifs is 1. The largest absolute Gasteiger partial charge is 0.491 e. The Balaban J connectivity index is 1.62. The van der Waals surface area contributed by atoms with Crippen LogP contribution >= 0.6 is 23.2 Å². The minimum atomic E-state index is 0.541.